The van der Waals surface area contributed by atoms with Crippen molar-refractivity contribution in [3.05, 3.63) is 35.4 Å². The van der Waals surface area contributed by atoms with Gasteiger partial charge in [-0.1, -0.05) is 24.3 Å². The normalized spacial score (nSPS) is 21.3. The van der Waals surface area contributed by atoms with E-state index in [1.54, 1.807) is 11.8 Å². The van der Waals surface area contributed by atoms with Crippen LogP contribution in [0.1, 0.15) is 17.2 Å². The second kappa shape index (κ2) is 5.80. The monoisotopic (exact) mass is 259 g/mol. The number of aliphatic hydroxyl groups is 1. The van der Waals surface area contributed by atoms with E-state index in [4.69, 9.17) is 5.11 Å². The first-order valence-corrected chi connectivity index (χ1v) is 6.69. The Bertz CT molecular complexity index is 375. The molecule has 0 bridgehead atoms. The van der Waals surface area contributed by atoms with Crippen LogP contribution >= 0.6 is 11.8 Å². The molecule has 1 aliphatic heterocycles. The van der Waals surface area contributed by atoms with Gasteiger partial charge in [0.05, 0.1) is 0 Å². The van der Waals surface area contributed by atoms with E-state index in [1.165, 1.54) is 5.56 Å². The second-order valence-electron chi connectivity index (χ2n) is 4.08. The highest BCUT2D eigenvalue weighted by Crippen LogP contribution is 2.31. The largest absolute Gasteiger partial charge is 0.386 e. The van der Waals surface area contributed by atoms with Crippen molar-refractivity contribution in [2.75, 3.05) is 12.3 Å². The minimum absolute atomic E-state index is 0.0540. The molecule has 5 heteroatoms. The number of rotatable bonds is 4. The molecule has 0 fully saturated rings. The van der Waals surface area contributed by atoms with E-state index in [1.807, 2.05) is 18.2 Å². The van der Waals surface area contributed by atoms with Crippen molar-refractivity contribution in [1.82, 2.24) is 5.32 Å². The van der Waals surface area contributed by atoms with E-state index >= 15 is 0 Å². The minimum atomic E-state index is -2.69. The molecule has 0 amide bonds. The predicted molar refractivity (Wildman–Crippen MR) is 65.4 cm³/mol. The van der Waals surface area contributed by atoms with Gasteiger partial charge in [0, 0.05) is 24.1 Å². The van der Waals surface area contributed by atoms with Crippen LogP contribution in [0.4, 0.5) is 8.78 Å². The van der Waals surface area contributed by atoms with Gasteiger partial charge in [0.1, 0.15) is 6.10 Å². The van der Waals surface area contributed by atoms with Gasteiger partial charge in [0.2, 0.25) is 0 Å². The molecule has 17 heavy (non-hydrogen) atoms. The summed E-state index contributed by atoms with van der Waals surface area (Å²) in [6.07, 6.45) is -4.27. The molecular weight excluding hydrogens is 244 g/mol. The summed E-state index contributed by atoms with van der Waals surface area (Å²) in [5.74, 6) is 1.82. The first-order valence-electron chi connectivity index (χ1n) is 5.53. The van der Waals surface area contributed by atoms with Crippen molar-refractivity contribution in [3.8, 4) is 0 Å². The van der Waals surface area contributed by atoms with Crippen LogP contribution in [0, 0.1) is 0 Å². The highest BCUT2D eigenvalue weighted by atomic mass is 32.2. The van der Waals surface area contributed by atoms with E-state index in [2.05, 4.69) is 11.4 Å². The van der Waals surface area contributed by atoms with Gasteiger partial charge in [-0.2, -0.15) is 11.8 Å². The van der Waals surface area contributed by atoms with Crippen molar-refractivity contribution in [1.29, 1.82) is 0 Å². The fourth-order valence-electron chi connectivity index (χ4n) is 1.90. The molecule has 2 atom stereocenters. The van der Waals surface area contributed by atoms with Crippen molar-refractivity contribution in [2.45, 2.75) is 24.3 Å². The molecule has 0 saturated carbocycles. The lowest BCUT2D eigenvalue weighted by Gasteiger charge is -2.27. The topological polar surface area (TPSA) is 32.3 Å². The smallest absolute Gasteiger partial charge is 0.265 e. The molecule has 94 valence electrons. The lowest BCUT2D eigenvalue weighted by Crippen LogP contribution is -2.36. The van der Waals surface area contributed by atoms with Crippen LogP contribution in [0.5, 0.6) is 0 Å². The fraction of sp³-hybridized carbons (Fsp3) is 0.500. The maximum Gasteiger partial charge on any atom is 0.265 e. The Labute approximate surface area is 103 Å². The number of halogens is 2. The molecule has 2 rings (SSSR count). The third-order valence-electron chi connectivity index (χ3n) is 2.84. The summed E-state index contributed by atoms with van der Waals surface area (Å²) in [6.45, 7) is -0.0722. The van der Waals surface area contributed by atoms with Crippen molar-refractivity contribution in [2.24, 2.45) is 0 Å². The van der Waals surface area contributed by atoms with Crippen molar-refractivity contribution >= 4 is 11.8 Å². The summed E-state index contributed by atoms with van der Waals surface area (Å²) < 4.78 is 24.4. The maximum atomic E-state index is 12.2. The van der Waals surface area contributed by atoms with Crippen LogP contribution < -0.4 is 5.32 Å². The highest BCUT2D eigenvalue weighted by molar-refractivity contribution is 7.98. The van der Waals surface area contributed by atoms with Crippen LogP contribution in [0.25, 0.3) is 0 Å². The summed E-state index contributed by atoms with van der Waals surface area (Å²) in [5, 5.41) is 12.1. The minimum Gasteiger partial charge on any atom is -0.386 e. The van der Waals surface area contributed by atoms with Crippen LogP contribution in [0.15, 0.2) is 24.3 Å². The number of fused-ring (bicyclic) bond motifs is 1. The zero-order valence-electron chi connectivity index (χ0n) is 9.27. The fourth-order valence-corrected chi connectivity index (χ4v) is 3.04. The van der Waals surface area contributed by atoms with Crippen molar-refractivity contribution in [3.63, 3.8) is 0 Å². The van der Waals surface area contributed by atoms with Gasteiger partial charge < -0.3 is 10.4 Å². The number of aliphatic hydroxyl groups excluding tert-OH is 1. The Morgan fingerprint density at radius 1 is 1.41 bits per heavy atom. The van der Waals surface area contributed by atoms with Gasteiger partial charge in [-0.05, 0) is 11.1 Å². The van der Waals surface area contributed by atoms with Gasteiger partial charge in [-0.25, -0.2) is 8.78 Å². The molecule has 2 unspecified atom stereocenters. The Morgan fingerprint density at radius 3 is 2.94 bits per heavy atom. The predicted octanol–water partition coefficient (Wildman–Crippen LogP) is 2.19. The molecule has 0 spiro atoms. The average Bonchev–Trinajstić information content (AvgIpc) is 2.35. The summed E-state index contributed by atoms with van der Waals surface area (Å²) in [5.41, 5.74) is 2.40. The SMILES string of the molecule is OC(CNC1CSCc2ccccc21)C(F)F. The zero-order chi connectivity index (χ0) is 12.3. The number of alkyl halides is 2. The van der Waals surface area contributed by atoms with Crippen LogP contribution in [-0.2, 0) is 5.75 Å². The van der Waals surface area contributed by atoms with E-state index in [-0.39, 0.29) is 12.6 Å². The molecule has 0 saturated heterocycles. The third kappa shape index (κ3) is 3.18. The van der Waals surface area contributed by atoms with Gasteiger partial charge in [0.15, 0.2) is 0 Å². The Hall–Kier alpha value is -0.650. The third-order valence-corrected chi connectivity index (χ3v) is 3.92. The lowest BCUT2D eigenvalue weighted by atomic mass is 10.0. The number of nitrogens with one attached hydrogen (secondary N) is 1. The second-order valence-corrected chi connectivity index (χ2v) is 5.11. The van der Waals surface area contributed by atoms with E-state index < -0.39 is 12.5 Å². The van der Waals surface area contributed by atoms with Crippen molar-refractivity contribution < 1.29 is 13.9 Å². The highest BCUT2D eigenvalue weighted by Gasteiger charge is 2.22. The maximum absolute atomic E-state index is 12.2. The van der Waals surface area contributed by atoms with E-state index in [0.717, 1.165) is 17.1 Å². The molecule has 1 aromatic carbocycles. The first-order chi connectivity index (χ1) is 8.18. The molecule has 0 aliphatic carbocycles. The number of hydrogen-bond acceptors (Lipinski definition) is 3. The standard InChI is InChI=1S/C12H15F2NOS/c13-12(14)11(16)5-15-10-7-17-6-8-3-1-2-4-9(8)10/h1-4,10-12,15-16H,5-7H2. The Morgan fingerprint density at radius 2 is 2.18 bits per heavy atom. The van der Waals surface area contributed by atoms with Gasteiger partial charge >= 0.3 is 0 Å². The molecule has 0 radical (unpaired) electrons. The first kappa shape index (κ1) is 12.8. The molecule has 1 aliphatic rings. The van der Waals surface area contributed by atoms with Gasteiger partial charge in [-0.15, -0.1) is 0 Å². The molecule has 1 aromatic rings. The van der Waals surface area contributed by atoms with Gasteiger partial charge in [0.25, 0.3) is 6.43 Å². The van der Waals surface area contributed by atoms with Crippen LogP contribution in [0.3, 0.4) is 0 Å². The van der Waals surface area contributed by atoms with Gasteiger partial charge in [-0.3, -0.25) is 0 Å². The zero-order valence-corrected chi connectivity index (χ0v) is 10.1. The van der Waals surface area contributed by atoms with Crippen LogP contribution in [-0.4, -0.2) is 29.9 Å². The summed E-state index contributed by atoms with van der Waals surface area (Å²) in [6, 6.07) is 8.06. The number of hydrogen-bond donors (Lipinski definition) is 2. The lowest BCUT2D eigenvalue weighted by molar-refractivity contribution is -0.00435. The Balaban J connectivity index is 1.99. The number of benzene rings is 1. The molecular formula is C12H15F2NOS. The van der Waals surface area contributed by atoms with Crippen LogP contribution in [0.2, 0.25) is 0 Å². The summed E-state index contributed by atoms with van der Waals surface area (Å²) in [4.78, 5) is 0. The quantitative estimate of drug-likeness (QED) is 0.869. The molecule has 2 N–H and O–H groups in total. The van der Waals surface area contributed by atoms with E-state index in [9.17, 15) is 8.78 Å². The summed E-state index contributed by atoms with van der Waals surface area (Å²) in [7, 11) is 0. The molecule has 1 heterocycles. The Kier molecular flexibility index (Phi) is 4.36. The average molecular weight is 259 g/mol. The molecule has 0 aromatic heterocycles. The van der Waals surface area contributed by atoms with E-state index in [0.29, 0.717) is 0 Å². The molecule has 2 nitrogen and oxygen atoms in total. The number of thioether (sulfide) groups is 1. The summed E-state index contributed by atoms with van der Waals surface area (Å²) >= 11 is 1.77.